The van der Waals surface area contributed by atoms with Gasteiger partial charge in [0, 0.05) is 38.5 Å². The first-order valence-electron chi connectivity index (χ1n) is 25.9. The van der Waals surface area contributed by atoms with Gasteiger partial charge in [0.15, 0.2) is 0 Å². The Hall–Kier alpha value is -7.84. The van der Waals surface area contributed by atoms with Crippen LogP contribution in [-0.2, 0) is 42.7 Å². The Morgan fingerprint density at radius 3 is 0.973 bits per heavy atom. The highest BCUT2D eigenvalue weighted by molar-refractivity contribution is 6.27. The van der Waals surface area contributed by atoms with E-state index < -0.39 is 10.8 Å². The second kappa shape index (κ2) is 16.6. The van der Waals surface area contributed by atoms with Crippen molar-refractivity contribution >= 4 is 64.6 Å². The first kappa shape index (κ1) is 46.9. The van der Waals surface area contributed by atoms with Crippen molar-refractivity contribution < 1.29 is 30.6 Å². The van der Waals surface area contributed by atoms with Crippen LogP contribution in [0.4, 0.5) is 0 Å². The van der Waals surface area contributed by atoms with Gasteiger partial charge in [-0.15, -0.1) is 0 Å². The van der Waals surface area contributed by atoms with Crippen molar-refractivity contribution in [1.82, 2.24) is 0 Å². The summed E-state index contributed by atoms with van der Waals surface area (Å²) in [7, 11) is 0. The molecule has 1 aliphatic rings. The van der Waals surface area contributed by atoms with E-state index in [0.29, 0.717) is 22.3 Å². The van der Waals surface area contributed by atoms with E-state index in [2.05, 4.69) is 175 Å². The van der Waals surface area contributed by atoms with Crippen LogP contribution in [0.5, 0.6) is 11.5 Å². The van der Waals surface area contributed by atoms with Gasteiger partial charge in [0.1, 0.15) is 11.5 Å². The molecule has 0 radical (unpaired) electrons. The summed E-state index contributed by atoms with van der Waals surface area (Å²) in [6.45, 7) is 12.1. The molecule has 12 aromatic carbocycles. The minimum Gasteiger partial charge on any atom is -0.507 e. The number of rotatable bonds is 10. The minimum atomic E-state index is -0.489. The highest BCUT2D eigenvalue weighted by Gasteiger charge is 2.37. The lowest BCUT2D eigenvalue weighted by Gasteiger charge is -2.29. The molecule has 0 atom stereocenters. The maximum Gasteiger partial charge on any atom is 0.126 e. The number of hydrogen-bond donors (Lipinski definition) is 6. The molecule has 0 aromatic heterocycles. The number of hydrogen-bond acceptors (Lipinski definition) is 6. The summed E-state index contributed by atoms with van der Waals surface area (Å²) in [6.07, 6.45) is 0. The first-order chi connectivity index (χ1) is 36.0. The Morgan fingerprint density at radius 2 is 0.627 bits per heavy atom. The Balaban J connectivity index is 0.860. The van der Waals surface area contributed by atoms with Crippen LogP contribution in [0.1, 0.15) is 97.2 Å². The van der Waals surface area contributed by atoms with Crippen LogP contribution in [0.2, 0.25) is 0 Å². The molecule has 12 aromatic rings. The van der Waals surface area contributed by atoms with Crippen LogP contribution in [0.15, 0.2) is 158 Å². The Labute approximate surface area is 435 Å². The fourth-order valence-corrected chi connectivity index (χ4v) is 13.0. The van der Waals surface area contributed by atoms with E-state index in [0.717, 1.165) is 43.8 Å². The van der Waals surface area contributed by atoms with Crippen molar-refractivity contribution in [2.75, 3.05) is 0 Å². The van der Waals surface area contributed by atoms with Crippen LogP contribution < -0.4 is 0 Å². The van der Waals surface area contributed by atoms with Gasteiger partial charge < -0.3 is 30.6 Å². The third kappa shape index (κ3) is 6.80. The van der Waals surface area contributed by atoms with Gasteiger partial charge >= 0.3 is 0 Å². The molecule has 13 rings (SSSR count). The molecule has 6 N–H and O–H groups in total. The third-order valence-electron chi connectivity index (χ3n) is 17.6. The van der Waals surface area contributed by atoms with Crippen LogP contribution >= 0.6 is 0 Å². The summed E-state index contributed by atoms with van der Waals surface area (Å²) in [6, 6.07) is 57.5. The predicted octanol–water partition coefficient (Wildman–Crippen LogP) is 15.2. The SMILES string of the molecule is CC(C)(c1cc(CO)c(O)c(CO)c1)c1cc2ccc3ccc(-c4ccc5c(c4)C(C)(C)c4cc(-c6ccc7ccc8cc(C(C)(C)c9cc(CO)c(O)c(CO)c9)cc9ccc6c7c89)ccc4-5)c4ccc(c1)c2c34. The quantitative estimate of drug-likeness (QED) is 0.0759. The zero-order valence-electron chi connectivity index (χ0n) is 43.0. The van der Waals surface area contributed by atoms with Crippen molar-refractivity contribution in [2.24, 2.45) is 0 Å². The van der Waals surface area contributed by atoms with E-state index in [9.17, 15) is 30.6 Å². The minimum absolute atomic E-state index is 0.0569. The van der Waals surface area contributed by atoms with E-state index >= 15 is 0 Å². The monoisotopic (exact) mass is 982 g/mol. The van der Waals surface area contributed by atoms with E-state index in [1.807, 2.05) is 24.3 Å². The number of aliphatic hydroxyl groups is 4. The summed E-state index contributed by atoms with van der Waals surface area (Å²) < 4.78 is 0. The average Bonchev–Trinajstić information content (AvgIpc) is 3.68. The largest absolute Gasteiger partial charge is 0.507 e. The molecule has 75 heavy (non-hydrogen) atoms. The van der Waals surface area contributed by atoms with E-state index in [1.165, 1.54) is 87.6 Å². The number of fused-ring (bicyclic) bond motifs is 3. The molecule has 0 saturated carbocycles. The number of phenols is 2. The maximum absolute atomic E-state index is 10.6. The summed E-state index contributed by atoms with van der Waals surface area (Å²) in [5, 5.41) is 75.9. The second-order valence-electron chi connectivity index (χ2n) is 22.7. The van der Waals surface area contributed by atoms with Crippen molar-refractivity contribution in [3.05, 3.63) is 213 Å². The Kier molecular flexibility index (Phi) is 10.4. The van der Waals surface area contributed by atoms with Gasteiger partial charge in [-0.3, -0.25) is 0 Å². The highest BCUT2D eigenvalue weighted by atomic mass is 16.3. The molecule has 1 aliphatic carbocycles. The number of aromatic hydroxyl groups is 2. The highest BCUT2D eigenvalue weighted by Crippen LogP contribution is 2.53. The summed E-state index contributed by atoms with van der Waals surface area (Å²) >= 11 is 0. The van der Waals surface area contributed by atoms with Gasteiger partial charge in [-0.2, -0.15) is 0 Å². The lowest BCUT2D eigenvalue weighted by atomic mass is 9.75. The van der Waals surface area contributed by atoms with Crippen molar-refractivity contribution in [3.63, 3.8) is 0 Å². The lowest BCUT2D eigenvalue weighted by molar-refractivity contribution is 0.262. The number of aliphatic hydroxyl groups excluding tert-OH is 4. The Bertz CT molecular complexity index is 3980. The fraction of sp³-hybridized carbons (Fsp3) is 0.188. The van der Waals surface area contributed by atoms with Crippen LogP contribution in [-0.4, -0.2) is 30.6 Å². The van der Waals surface area contributed by atoms with E-state index in [1.54, 1.807) is 0 Å². The van der Waals surface area contributed by atoms with Gasteiger partial charge in [0.05, 0.1) is 26.4 Å². The molecular weight excluding hydrogens is 925 g/mol. The molecule has 0 fully saturated rings. The topological polar surface area (TPSA) is 121 Å². The summed E-state index contributed by atoms with van der Waals surface area (Å²) in [5.74, 6) is -0.114. The fourth-order valence-electron chi connectivity index (χ4n) is 13.0. The molecule has 6 nitrogen and oxygen atoms in total. The van der Waals surface area contributed by atoms with Crippen molar-refractivity contribution in [1.29, 1.82) is 0 Å². The van der Waals surface area contributed by atoms with Gasteiger partial charge in [-0.1, -0.05) is 163 Å². The summed E-state index contributed by atoms with van der Waals surface area (Å²) in [4.78, 5) is 0. The molecule has 0 heterocycles. The molecule has 0 saturated heterocycles. The van der Waals surface area contributed by atoms with E-state index in [4.69, 9.17) is 0 Å². The molecule has 370 valence electrons. The molecule has 0 bridgehead atoms. The van der Waals surface area contributed by atoms with Crippen molar-refractivity contribution in [3.8, 4) is 44.9 Å². The zero-order chi connectivity index (χ0) is 52.0. The standard InChI is InChI=1S/C69H58O6/c1-67(2,51-27-45(33-70)65(74)46(28-51)34-71)49-23-41-9-7-37-11-17-53(57-21-15-43(25-49)61(41)63(37)57)39-13-19-55-56-20-14-40(32-60(56)69(5,6)59(55)31-39)54-18-12-38-8-10-42-24-50(26-44-16-22-58(54)64(38)62(42)44)68(3,4)52-29-47(35-72)66(75)48(30-52)36-73/h7-32,70-75H,33-36H2,1-6H3. The van der Waals surface area contributed by atoms with Crippen LogP contribution in [0.3, 0.4) is 0 Å². The van der Waals surface area contributed by atoms with Crippen LogP contribution in [0.25, 0.3) is 98.0 Å². The molecule has 6 heteroatoms. The predicted molar refractivity (Wildman–Crippen MR) is 306 cm³/mol. The van der Waals surface area contributed by atoms with Gasteiger partial charge in [0.2, 0.25) is 0 Å². The second-order valence-corrected chi connectivity index (χ2v) is 22.7. The average molecular weight is 983 g/mol. The van der Waals surface area contributed by atoms with Gasteiger partial charge in [-0.25, -0.2) is 0 Å². The van der Waals surface area contributed by atoms with Gasteiger partial charge in [0.25, 0.3) is 0 Å². The molecule has 0 unspecified atom stereocenters. The molecular formula is C69H58O6. The number of benzene rings is 12. The maximum atomic E-state index is 10.6. The van der Waals surface area contributed by atoms with E-state index in [-0.39, 0.29) is 43.3 Å². The smallest absolute Gasteiger partial charge is 0.126 e. The summed E-state index contributed by atoms with van der Waals surface area (Å²) in [5.41, 5.74) is 14.4. The Morgan fingerprint density at radius 1 is 0.333 bits per heavy atom. The normalized spacial score (nSPS) is 13.6. The molecule has 0 aliphatic heterocycles. The van der Waals surface area contributed by atoms with Crippen LogP contribution in [0, 0.1) is 0 Å². The molecule has 0 amide bonds. The lowest BCUT2D eigenvalue weighted by Crippen LogP contribution is -2.20. The molecule has 0 spiro atoms. The van der Waals surface area contributed by atoms with Crippen molar-refractivity contribution in [2.45, 2.75) is 84.2 Å². The first-order valence-corrected chi connectivity index (χ1v) is 25.9. The zero-order valence-corrected chi connectivity index (χ0v) is 43.0. The third-order valence-corrected chi connectivity index (χ3v) is 17.6. The van der Waals surface area contributed by atoms with Gasteiger partial charge in [-0.05, 0) is 168 Å².